The second-order valence-corrected chi connectivity index (χ2v) is 3.28. The van der Waals surface area contributed by atoms with Gasteiger partial charge in [0.2, 0.25) is 0 Å². The SMILES string of the molecule is CCCOC(C)=O.CCOCC.OCCCCO. The first-order valence-corrected chi connectivity index (χ1v) is 6.53. The largest absolute Gasteiger partial charge is 0.466 e. The van der Waals surface area contributed by atoms with Crippen LogP contribution in [-0.4, -0.2) is 49.2 Å². The fraction of sp³-hybridized carbons (Fsp3) is 0.923. The molecule has 0 aromatic carbocycles. The van der Waals surface area contributed by atoms with E-state index >= 15 is 0 Å². The van der Waals surface area contributed by atoms with Crippen molar-refractivity contribution in [2.75, 3.05) is 33.0 Å². The maximum Gasteiger partial charge on any atom is 0.302 e. The van der Waals surface area contributed by atoms with Crippen molar-refractivity contribution in [3.8, 4) is 0 Å². The summed E-state index contributed by atoms with van der Waals surface area (Å²) in [4.78, 5) is 9.98. The highest BCUT2D eigenvalue weighted by Gasteiger charge is 1.85. The first-order chi connectivity index (χ1) is 8.60. The third-order valence-electron chi connectivity index (χ3n) is 1.48. The van der Waals surface area contributed by atoms with Crippen LogP contribution in [0.4, 0.5) is 0 Å². The molecule has 0 saturated carbocycles. The van der Waals surface area contributed by atoms with E-state index < -0.39 is 0 Å². The standard InChI is InChI=1S/C5H10O2.C4H10O2.C4H10O/c1-3-4-7-5(2)6;5-3-1-2-4-6;1-3-5-4-2/h3-4H2,1-2H3;5-6H,1-4H2;3-4H2,1-2H3. The summed E-state index contributed by atoms with van der Waals surface area (Å²) in [6.07, 6.45) is 2.34. The zero-order valence-corrected chi connectivity index (χ0v) is 12.3. The summed E-state index contributed by atoms with van der Waals surface area (Å²) in [5.41, 5.74) is 0. The molecule has 0 saturated heterocycles. The minimum Gasteiger partial charge on any atom is -0.466 e. The van der Waals surface area contributed by atoms with Crippen LogP contribution >= 0.6 is 0 Å². The van der Waals surface area contributed by atoms with Gasteiger partial charge in [-0.15, -0.1) is 0 Å². The summed E-state index contributed by atoms with van der Waals surface area (Å²) < 4.78 is 9.39. The van der Waals surface area contributed by atoms with Crippen molar-refractivity contribution in [2.45, 2.75) is 47.0 Å². The van der Waals surface area contributed by atoms with Crippen molar-refractivity contribution in [3.63, 3.8) is 0 Å². The predicted molar refractivity (Wildman–Crippen MR) is 72.5 cm³/mol. The Kier molecular flexibility index (Phi) is 31.6. The molecule has 0 amide bonds. The minimum absolute atomic E-state index is 0.193. The van der Waals surface area contributed by atoms with Gasteiger partial charge in [-0.05, 0) is 33.1 Å². The molecule has 0 aromatic rings. The molecule has 0 rings (SSSR count). The maximum atomic E-state index is 9.98. The van der Waals surface area contributed by atoms with Gasteiger partial charge in [0, 0.05) is 33.4 Å². The molecule has 2 N–H and O–H groups in total. The molecule has 0 atom stereocenters. The zero-order chi connectivity index (χ0) is 14.6. The summed E-state index contributed by atoms with van der Waals surface area (Å²) in [6, 6.07) is 0. The quantitative estimate of drug-likeness (QED) is 0.542. The first kappa shape index (κ1) is 22.5. The smallest absolute Gasteiger partial charge is 0.302 e. The van der Waals surface area contributed by atoms with Crippen molar-refractivity contribution in [2.24, 2.45) is 0 Å². The number of ether oxygens (including phenoxy) is 2. The molecule has 18 heavy (non-hydrogen) atoms. The lowest BCUT2D eigenvalue weighted by Gasteiger charge is -1.93. The Morgan fingerprint density at radius 3 is 1.56 bits per heavy atom. The van der Waals surface area contributed by atoms with E-state index in [0.29, 0.717) is 6.61 Å². The fourth-order valence-corrected chi connectivity index (χ4v) is 0.674. The van der Waals surface area contributed by atoms with Crippen molar-refractivity contribution in [1.82, 2.24) is 0 Å². The van der Waals surface area contributed by atoms with E-state index in [1.54, 1.807) is 0 Å². The molecule has 0 unspecified atom stereocenters. The normalized spacial score (nSPS) is 8.56. The lowest BCUT2D eigenvalue weighted by molar-refractivity contribution is -0.140. The van der Waals surface area contributed by atoms with Gasteiger partial charge in [-0.25, -0.2) is 0 Å². The Hall–Kier alpha value is -0.650. The van der Waals surface area contributed by atoms with Gasteiger partial charge in [0.05, 0.1) is 6.61 Å². The Morgan fingerprint density at radius 2 is 1.44 bits per heavy atom. The maximum absolute atomic E-state index is 9.98. The van der Waals surface area contributed by atoms with E-state index in [0.717, 1.165) is 32.5 Å². The van der Waals surface area contributed by atoms with Crippen LogP contribution in [0.2, 0.25) is 0 Å². The van der Waals surface area contributed by atoms with Crippen LogP contribution in [0.3, 0.4) is 0 Å². The van der Waals surface area contributed by atoms with Gasteiger partial charge in [-0.3, -0.25) is 4.79 Å². The average molecular weight is 266 g/mol. The van der Waals surface area contributed by atoms with Crippen LogP contribution in [0.15, 0.2) is 0 Å². The number of hydrogen-bond acceptors (Lipinski definition) is 5. The van der Waals surface area contributed by atoms with Gasteiger partial charge < -0.3 is 19.7 Å². The second kappa shape index (κ2) is 25.3. The summed E-state index contributed by atoms with van der Waals surface area (Å²) in [5, 5.41) is 16.2. The zero-order valence-electron chi connectivity index (χ0n) is 12.3. The second-order valence-electron chi connectivity index (χ2n) is 3.28. The molecule has 0 heterocycles. The molecular weight excluding hydrogens is 236 g/mol. The highest BCUT2D eigenvalue weighted by atomic mass is 16.5. The number of carbonyl (C=O) groups excluding carboxylic acids is 1. The molecule has 0 aliphatic rings. The molecule has 5 nitrogen and oxygen atoms in total. The number of aliphatic hydroxyl groups excluding tert-OH is 2. The number of carbonyl (C=O) groups is 1. The van der Waals surface area contributed by atoms with Gasteiger partial charge in [0.1, 0.15) is 0 Å². The molecule has 0 bridgehead atoms. The minimum atomic E-state index is -0.193. The summed E-state index contributed by atoms with van der Waals surface area (Å²) in [7, 11) is 0. The lowest BCUT2D eigenvalue weighted by Crippen LogP contribution is -1.98. The predicted octanol–water partition coefficient (Wildman–Crippen LogP) is 1.75. The van der Waals surface area contributed by atoms with E-state index in [1.165, 1.54) is 6.92 Å². The van der Waals surface area contributed by atoms with Crippen LogP contribution in [0.1, 0.15) is 47.0 Å². The van der Waals surface area contributed by atoms with E-state index in [-0.39, 0.29) is 19.2 Å². The Labute approximate surface area is 111 Å². The number of unbranched alkanes of at least 4 members (excludes halogenated alkanes) is 1. The Morgan fingerprint density at radius 1 is 1.00 bits per heavy atom. The van der Waals surface area contributed by atoms with Crippen molar-refractivity contribution in [1.29, 1.82) is 0 Å². The number of hydrogen-bond donors (Lipinski definition) is 2. The number of rotatable bonds is 7. The van der Waals surface area contributed by atoms with Gasteiger partial charge in [-0.1, -0.05) is 6.92 Å². The third-order valence-corrected chi connectivity index (χ3v) is 1.48. The summed E-state index contributed by atoms with van der Waals surface area (Å²) in [6.45, 7) is 9.98. The van der Waals surface area contributed by atoms with Crippen molar-refractivity contribution >= 4 is 5.97 Å². The fourth-order valence-electron chi connectivity index (χ4n) is 0.674. The van der Waals surface area contributed by atoms with Crippen LogP contribution in [0, 0.1) is 0 Å². The van der Waals surface area contributed by atoms with E-state index in [1.807, 2.05) is 20.8 Å². The summed E-state index contributed by atoms with van der Waals surface area (Å²) in [5.74, 6) is -0.193. The Balaban J connectivity index is -0.000000190. The Bertz CT molecular complexity index is 133. The summed E-state index contributed by atoms with van der Waals surface area (Å²) >= 11 is 0. The van der Waals surface area contributed by atoms with Crippen molar-refractivity contribution in [3.05, 3.63) is 0 Å². The molecule has 5 heteroatoms. The monoisotopic (exact) mass is 266 g/mol. The molecule has 0 fully saturated rings. The number of esters is 1. The molecule has 0 aliphatic heterocycles. The average Bonchev–Trinajstić information content (AvgIpc) is 2.36. The van der Waals surface area contributed by atoms with Gasteiger partial charge in [0.25, 0.3) is 0 Å². The van der Waals surface area contributed by atoms with Crippen LogP contribution in [-0.2, 0) is 14.3 Å². The highest BCUT2D eigenvalue weighted by Crippen LogP contribution is 1.80. The van der Waals surface area contributed by atoms with E-state index in [4.69, 9.17) is 14.9 Å². The van der Waals surface area contributed by atoms with Gasteiger partial charge in [-0.2, -0.15) is 0 Å². The molecular formula is C13H30O5. The van der Waals surface area contributed by atoms with Gasteiger partial charge in [0.15, 0.2) is 0 Å². The molecule has 0 radical (unpaired) electrons. The van der Waals surface area contributed by atoms with Crippen LogP contribution in [0.25, 0.3) is 0 Å². The lowest BCUT2D eigenvalue weighted by atomic mass is 10.3. The van der Waals surface area contributed by atoms with E-state index in [9.17, 15) is 4.79 Å². The van der Waals surface area contributed by atoms with Crippen LogP contribution < -0.4 is 0 Å². The highest BCUT2D eigenvalue weighted by molar-refractivity contribution is 5.65. The first-order valence-electron chi connectivity index (χ1n) is 6.53. The van der Waals surface area contributed by atoms with Crippen LogP contribution in [0.5, 0.6) is 0 Å². The molecule has 112 valence electrons. The van der Waals surface area contributed by atoms with Gasteiger partial charge >= 0.3 is 5.97 Å². The van der Waals surface area contributed by atoms with E-state index in [2.05, 4.69) is 4.74 Å². The topological polar surface area (TPSA) is 76.0 Å². The molecule has 0 aliphatic carbocycles. The number of aliphatic hydroxyl groups is 2. The molecule has 0 spiro atoms. The van der Waals surface area contributed by atoms with Crippen molar-refractivity contribution < 1.29 is 24.5 Å². The molecule has 0 aromatic heterocycles. The third kappa shape index (κ3) is 45.3.